The number of amides is 1. The van der Waals surface area contributed by atoms with Crippen molar-refractivity contribution >= 4 is 11.7 Å². The lowest BCUT2D eigenvalue weighted by molar-refractivity contribution is 0.0952. The Morgan fingerprint density at radius 1 is 1.28 bits per heavy atom. The minimum Gasteiger partial charge on any atom is -0.396 e. The Morgan fingerprint density at radius 3 is 2.67 bits per heavy atom. The largest absolute Gasteiger partial charge is 0.396 e. The lowest BCUT2D eigenvalue weighted by Crippen LogP contribution is -2.24. The number of carbonyl (C=O) groups is 1. The zero-order valence-electron chi connectivity index (χ0n) is 10.4. The van der Waals surface area contributed by atoms with E-state index in [1.807, 2.05) is 0 Å². The van der Waals surface area contributed by atoms with Gasteiger partial charge in [-0.2, -0.15) is 0 Å². The Labute approximate surface area is 107 Å². The van der Waals surface area contributed by atoms with Crippen molar-refractivity contribution in [3.05, 3.63) is 23.9 Å². The van der Waals surface area contributed by atoms with Gasteiger partial charge in [-0.05, 0) is 25.0 Å². The van der Waals surface area contributed by atoms with E-state index in [1.165, 1.54) is 6.20 Å². The van der Waals surface area contributed by atoms with Gasteiger partial charge in [0, 0.05) is 19.3 Å². The number of pyridine rings is 1. The van der Waals surface area contributed by atoms with Gasteiger partial charge < -0.3 is 15.8 Å². The monoisotopic (exact) mass is 252 g/mol. The highest BCUT2D eigenvalue weighted by Crippen LogP contribution is 2.03. The fraction of sp³-hybridized carbons (Fsp3) is 0.500. The molecule has 0 radical (unpaired) electrons. The Hall–Kier alpha value is -1.66. The minimum absolute atomic E-state index is 0.131. The molecule has 0 unspecified atom stereocenters. The first kappa shape index (κ1) is 14.4. The van der Waals surface area contributed by atoms with Crippen molar-refractivity contribution < 1.29 is 9.90 Å². The molecule has 0 fully saturated rings. The fourth-order valence-corrected chi connectivity index (χ4v) is 1.51. The number of carbonyl (C=O) groups excluding carboxylic acids is 1. The Balaban J connectivity index is 2.23. The van der Waals surface area contributed by atoms with E-state index >= 15 is 0 Å². The van der Waals surface area contributed by atoms with Gasteiger partial charge >= 0.3 is 0 Å². The smallest absolute Gasteiger partial charge is 0.252 e. The molecule has 0 aromatic carbocycles. The summed E-state index contributed by atoms with van der Waals surface area (Å²) in [5.41, 5.74) is 2.92. The van der Waals surface area contributed by atoms with Crippen LogP contribution in [0.4, 0.5) is 5.82 Å². The van der Waals surface area contributed by atoms with Crippen LogP contribution >= 0.6 is 0 Å². The number of aliphatic hydroxyl groups is 1. The summed E-state index contributed by atoms with van der Waals surface area (Å²) in [5.74, 6) is 5.58. The molecule has 0 saturated heterocycles. The molecule has 0 aliphatic rings. The number of unbranched alkanes of at least 4 members (excludes halogenated alkanes) is 3. The molecule has 1 amide bonds. The van der Waals surface area contributed by atoms with Crippen molar-refractivity contribution in [2.24, 2.45) is 5.84 Å². The quantitative estimate of drug-likeness (QED) is 0.309. The summed E-state index contributed by atoms with van der Waals surface area (Å²) in [5, 5.41) is 11.4. The molecule has 1 aromatic heterocycles. The van der Waals surface area contributed by atoms with E-state index in [0.717, 1.165) is 25.7 Å². The highest BCUT2D eigenvalue weighted by molar-refractivity contribution is 5.93. The third-order valence-electron chi connectivity index (χ3n) is 2.54. The summed E-state index contributed by atoms with van der Waals surface area (Å²) in [4.78, 5) is 15.7. The Kier molecular flexibility index (Phi) is 6.75. The van der Waals surface area contributed by atoms with Crippen LogP contribution in [-0.2, 0) is 0 Å². The number of nitrogens with two attached hydrogens (primary N) is 1. The highest BCUT2D eigenvalue weighted by atomic mass is 16.2. The zero-order valence-corrected chi connectivity index (χ0v) is 10.4. The summed E-state index contributed by atoms with van der Waals surface area (Å²) in [6, 6.07) is 3.32. The lowest BCUT2D eigenvalue weighted by atomic mass is 10.2. The number of anilines is 1. The van der Waals surface area contributed by atoms with E-state index < -0.39 is 0 Å². The molecule has 100 valence electrons. The molecule has 0 saturated carbocycles. The van der Waals surface area contributed by atoms with Crippen LogP contribution in [0.3, 0.4) is 0 Å². The topological polar surface area (TPSA) is 100 Å². The van der Waals surface area contributed by atoms with Gasteiger partial charge in [-0.15, -0.1) is 0 Å². The summed E-state index contributed by atoms with van der Waals surface area (Å²) in [6.07, 6.45) is 5.23. The molecule has 0 atom stereocenters. The first-order valence-electron chi connectivity index (χ1n) is 6.09. The van der Waals surface area contributed by atoms with Crippen molar-refractivity contribution in [1.29, 1.82) is 0 Å². The number of nitrogens with zero attached hydrogens (tertiary/aromatic N) is 1. The van der Waals surface area contributed by atoms with Crippen LogP contribution in [0.15, 0.2) is 18.3 Å². The summed E-state index contributed by atoms with van der Waals surface area (Å²) < 4.78 is 0. The van der Waals surface area contributed by atoms with Crippen LogP contribution in [0.1, 0.15) is 36.0 Å². The van der Waals surface area contributed by atoms with Gasteiger partial charge in [0.15, 0.2) is 0 Å². The second kappa shape index (κ2) is 8.43. The predicted octanol–water partition coefficient (Wildman–Crippen LogP) is 0.650. The first-order chi connectivity index (χ1) is 8.77. The van der Waals surface area contributed by atoms with Crippen LogP contribution in [-0.4, -0.2) is 29.1 Å². The van der Waals surface area contributed by atoms with Gasteiger partial charge in [0.05, 0.1) is 5.56 Å². The van der Waals surface area contributed by atoms with E-state index in [1.54, 1.807) is 12.1 Å². The van der Waals surface area contributed by atoms with E-state index in [0.29, 0.717) is 17.9 Å². The molecular weight excluding hydrogens is 232 g/mol. The van der Waals surface area contributed by atoms with E-state index in [4.69, 9.17) is 10.9 Å². The molecule has 0 aliphatic carbocycles. The molecular formula is C12H20N4O2. The van der Waals surface area contributed by atoms with Crippen LogP contribution in [0.5, 0.6) is 0 Å². The minimum atomic E-state index is -0.131. The SMILES string of the molecule is NNc1ccc(C(=O)NCCCCCCO)cn1. The van der Waals surface area contributed by atoms with Gasteiger partial charge in [-0.3, -0.25) is 4.79 Å². The number of hydrogen-bond donors (Lipinski definition) is 4. The second-order valence-electron chi connectivity index (χ2n) is 3.97. The Bertz CT molecular complexity index is 354. The van der Waals surface area contributed by atoms with E-state index in [-0.39, 0.29) is 12.5 Å². The summed E-state index contributed by atoms with van der Waals surface area (Å²) >= 11 is 0. The predicted molar refractivity (Wildman–Crippen MR) is 69.9 cm³/mol. The second-order valence-corrected chi connectivity index (χ2v) is 3.97. The van der Waals surface area contributed by atoms with Crippen LogP contribution in [0, 0.1) is 0 Å². The van der Waals surface area contributed by atoms with Gasteiger partial charge in [0.2, 0.25) is 0 Å². The first-order valence-corrected chi connectivity index (χ1v) is 6.09. The number of hydrogen-bond acceptors (Lipinski definition) is 5. The molecule has 5 N–H and O–H groups in total. The van der Waals surface area contributed by atoms with Gasteiger partial charge in [0.1, 0.15) is 5.82 Å². The lowest BCUT2D eigenvalue weighted by Gasteiger charge is -2.05. The number of nitrogen functional groups attached to an aromatic ring is 1. The van der Waals surface area contributed by atoms with Crippen LogP contribution in [0.2, 0.25) is 0 Å². The molecule has 1 aromatic rings. The van der Waals surface area contributed by atoms with Crippen molar-refractivity contribution in [3.8, 4) is 0 Å². The number of nitrogens with one attached hydrogen (secondary N) is 2. The van der Waals surface area contributed by atoms with Crippen molar-refractivity contribution in [2.75, 3.05) is 18.6 Å². The standard InChI is InChI=1S/C12H20N4O2/c13-16-11-6-5-10(9-15-11)12(18)14-7-3-1-2-4-8-17/h5-6,9,17H,1-4,7-8,13H2,(H,14,18)(H,15,16). The molecule has 1 rings (SSSR count). The summed E-state index contributed by atoms with van der Waals surface area (Å²) in [7, 11) is 0. The fourth-order valence-electron chi connectivity index (χ4n) is 1.51. The molecule has 6 nitrogen and oxygen atoms in total. The normalized spacial score (nSPS) is 10.1. The molecule has 6 heteroatoms. The van der Waals surface area contributed by atoms with Gasteiger partial charge in [-0.25, -0.2) is 10.8 Å². The molecule has 0 bridgehead atoms. The van der Waals surface area contributed by atoms with Crippen molar-refractivity contribution in [1.82, 2.24) is 10.3 Å². The van der Waals surface area contributed by atoms with Crippen LogP contribution < -0.4 is 16.6 Å². The number of hydrazine groups is 1. The molecule has 0 spiro atoms. The molecule has 1 heterocycles. The third-order valence-corrected chi connectivity index (χ3v) is 2.54. The summed E-state index contributed by atoms with van der Waals surface area (Å²) in [6.45, 7) is 0.876. The average Bonchev–Trinajstić information content (AvgIpc) is 2.42. The number of aromatic nitrogens is 1. The van der Waals surface area contributed by atoms with Gasteiger partial charge in [0.25, 0.3) is 5.91 Å². The zero-order chi connectivity index (χ0) is 13.2. The van der Waals surface area contributed by atoms with Crippen molar-refractivity contribution in [3.63, 3.8) is 0 Å². The van der Waals surface area contributed by atoms with E-state index in [9.17, 15) is 4.79 Å². The Morgan fingerprint density at radius 2 is 2.06 bits per heavy atom. The van der Waals surface area contributed by atoms with E-state index in [2.05, 4.69) is 15.7 Å². The maximum Gasteiger partial charge on any atom is 0.252 e. The molecule has 18 heavy (non-hydrogen) atoms. The van der Waals surface area contributed by atoms with Gasteiger partial charge in [-0.1, -0.05) is 12.8 Å². The average molecular weight is 252 g/mol. The maximum atomic E-state index is 11.7. The number of aliphatic hydroxyl groups excluding tert-OH is 1. The molecule has 0 aliphatic heterocycles. The maximum absolute atomic E-state index is 11.7. The van der Waals surface area contributed by atoms with Crippen molar-refractivity contribution in [2.45, 2.75) is 25.7 Å². The highest BCUT2D eigenvalue weighted by Gasteiger charge is 2.04. The number of rotatable bonds is 8. The van der Waals surface area contributed by atoms with Crippen LogP contribution in [0.25, 0.3) is 0 Å². The third kappa shape index (κ3) is 5.11.